The van der Waals surface area contributed by atoms with E-state index in [1.54, 1.807) is 12.5 Å². The number of amides is 1. The molecule has 1 N–H and O–H groups in total. The van der Waals surface area contributed by atoms with E-state index < -0.39 is 0 Å². The number of pyridine rings is 1. The summed E-state index contributed by atoms with van der Waals surface area (Å²) in [7, 11) is 1.64. The molecule has 0 radical (unpaired) electrons. The lowest BCUT2D eigenvalue weighted by atomic mass is 10.2. The van der Waals surface area contributed by atoms with Crippen LogP contribution in [0.1, 0.15) is 17.4 Å². The van der Waals surface area contributed by atoms with Crippen LogP contribution < -0.4 is 15.0 Å². The third kappa shape index (κ3) is 5.21. The number of benzene rings is 1. The van der Waals surface area contributed by atoms with Gasteiger partial charge in [-0.05, 0) is 31.2 Å². The van der Waals surface area contributed by atoms with Gasteiger partial charge < -0.3 is 15.0 Å². The average molecular weight is 438 g/mol. The van der Waals surface area contributed by atoms with E-state index in [-0.39, 0.29) is 11.9 Å². The van der Waals surface area contributed by atoms with Gasteiger partial charge >= 0.3 is 0 Å². The number of ether oxygens (including phenoxy) is 1. The van der Waals surface area contributed by atoms with Crippen LogP contribution in [0.25, 0.3) is 10.6 Å². The van der Waals surface area contributed by atoms with Gasteiger partial charge in [-0.2, -0.15) is 0 Å². The van der Waals surface area contributed by atoms with Crippen molar-refractivity contribution < 1.29 is 9.53 Å². The van der Waals surface area contributed by atoms with Crippen molar-refractivity contribution in [1.29, 1.82) is 0 Å². The van der Waals surface area contributed by atoms with Crippen LogP contribution in [0.3, 0.4) is 0 Å². The van der Waals surface area contributed by atoms with Crippen LogP contribution in [0.2, 0.25) is 0 Å². The van der Waals surface area contributed by atoms with Crippen molar-refractivity contribution in [3.05, 3.63) is 59.7 Å². The Labute approximate surface area is 186 Å². The summed E-state index contributed by atoms with van der Waals surface area (Å²) in [5, 5.41) is 5.67. The lowest BCUT2D eigenvalue weighted by Crippen LogP contribution is -2.51. The van der Waals surface area contributed by atoms with Gasteiger partial charge in [0.1, 0.15) is 22.3 Å². The number of aromatic nitrogens is 2. The predicted molar refractivity (Wildman–Crippen MR) is 124 cm³/mol. The second-order valence-electron chi connectivity index (χ2n) is 7.59. The fourth-order valence-electron chi connectivity index (χ4n) is 3.75. The molecule has 3 aromatic rings. The minimum Gasteiger partial charge on any atom is -0.496 e. The topological polar surface area (TPSA) is 70.6 Å². The molecule has 0 aliphatic carbocycles. The number of hydrogen-bond donors (Lipinski definition) is 1. The molecule has 1 amide bonds. The standard InChI is InChI=1S/C23H27N5O2S/c1-17(15-27-11-13-28(14-12-27)21-9-5-6-10-24-21)25-22(29)19-16-31-23(26-19)18-7-3-4-8-20(18)30-2/h3-10,16-17H,11-15H2,1-2H3,(H,25,29). The number of nitrogens with one attached hydrogen (secondary N) is 1. The second kappa shape index (κ2) is 9.89. The molecule has 1 aliphatic rings. The summed E-state index contributed by atoms with van der Waals surface area (Å²) in [4.78, 5) is 26.3. The normalized spacial score (nSPS) is 15.5. The van der Waals surface area contributed by atoms with Gasteiger partial charge in [-0.25, -0.2) is 9.97 Å². The lowest BCUT2D eigenvalue weighted by molar-refractivity contribution is 0.0924. The van der Waals surface area contributed by atoms with E-state index in [0.717, 1.165) is 54.9 Å². The molecule has 1 aliphatic heterocycles. The first-order valence-electron chi connectivity index (χ1n) is 10.4. The van der Waals surface area contributed by atoms with Crippen molar-refractivity contribution in [1.82, 2.24) is 20.2 Å². The van der Waals surface area contributed by atoms with Crippen molar-refractivity contribution in [3.8, 4) is 16.3 Å². The molecule has 2 aromatic heterocycles. The van der Waals surface area contributed by atoms with Crippen LogP contribution in [0, 0.1) is 0 Å². The first kappa shape index (κ1) is 21.3. The molecule has 3 heterocycles. The quantitative estimate of drug-likeness (QED) is 0.612. The van der Waals surface area contributed by atoms with E-state index in [1.807, 2.05) is 55.6 Å². The van der Waals surface area contributed by atoms with E-state index in [0.29, 0.717) is 5.69 Å². The van der Waals surface area contributed by atoms with Gasteiger partial charge in [0.25, 0.3) is 5.91 Å². The minimum atomic E-state index is -0.142. The Morgan fingerprint density at radius 2 is 1.94 bits per heavy atom. The van der Waals surface area contributed by atoms with E-state index in [9.17, 15) is 4.79 Å². The summed E-state index contributed by atoms with van der Waals surface area (Å²) in [6.45, 7) is 6.62. The maximum absolute atomic E-state index is 12.7. The van der Waals surface area contributed by atoms with Crippen molar-refractivity contribution in [2.24, 2.45) is 0 Å². The summed E-state index contributed by atoms with van der Waals surface area (Å²) >= 11 is 1.45. The van der Waals surface area contributed by atoms with Gasteiger partial charge in [-0.15, -0.1) is 11.3 Å². The Morgan fingerprint density at radius 3 is 2.68 bits per heavy atom. The van der Waals surface area contributed by atoms with Gasteiger partial charge in [0.15, 0.2) is 0 Å². The third-order valence-electron chi connectivity index (χ3n) is 5.33. The first-order valence-corrected chi connectivity index (χ1v) is 11.3. The zero-order chi connectivity index (χ0) is 21.6. The van der Waals surface area contributed by atoms with Crippen LogP contribution in [0.4, 0.5) is 5.82 Å². The molecule has 7 nitrogen and oxygen atoms in total. The molecule has 8 heteroatoms. The Morgan fingerprint density at radius 1 is 1.16 bits per heavy atom. The first-order chi connectivity index (χ1) is 15.1. The Bertz CT molecular complexity index is 1000. The van der Waals surface area contributed by atoms with Crippen molar-refractivity contribution >= 4 is 23.1 Å². The van der Waals surface area contributed by atoms with Crippen LogP contribution in [-0.2, 0) is 0 Å². The monoisotopic (exact) mass is 437 g/mol. The van der Waals surface area contributed by atoms with E-state index in [1.165, 1.54) is 11.3 Å². The summed E-state index contributed by atoms with van der Waals surface area (Å²) in [5.74, 6) is 1.64. The maximum atomic E-state index is 12.7. The third-order valence-corrected chi connectivity index (χ3v) is 6.20. The average Bonchev–Trinajstić information content (AvgIpc) is 3.30. The van der Waals surface area contributed by atoms with Gasteiger partial charge in [-0.1, -0.05) is 18.2 Å². The summed E-state index contributed by atoms with van der Waals surface area (Å²) in [6, 6.07) is 13.7. The van der Waals surface area contributed by atoms with Gasteiger partial charge in [0.05, 0.1) is 12.7 Å². The zero-order valence-electron chi connectivity index (χ0n) is 17.8. The molecule has 1 unspecified atom stereocenters. The fraction of sp³-hybridized carbons (Fsp3) is 0.348. The number of methoxy groups -OCH3 is 1. The Kier molecular flexibility index (Phi) is 6.79. The summed E-state index contributed by atoms with van der Waals surface area (Å²) in [6.07, 6.45) is 1.83. The molecule has 1 atom stereocenters. The van der Waals surface area contributed by atoms with Crippen LogP contribution in [-0.4, -0.2) is 66.7 Å². The fourth-order valence-corrected chi connectivity index (χ4v) is 4.58. The molecule has 0 saturated carbocycles. The molecule has 31 heavy (non-hydrogen) atoms. The van der Waals surface area contributed by atoms with Gasteiger partial charge in [0, 0.05) is 50.3 Å². The molecule has 1 fully saturated rings. The van der Waals surface area contributed by atoms with Crippen molar-refractivity contribution in [2.45, 2.75) is 13.0 Å². The van der Waals surface area contributed by atoms with E-state index in [4.69, 9.17) is 4.74 Å². The number of anilines is 1. The number of hydrogen-bond acceptors (Lipinski definition) is 7. The number of carbonyl (C=O) groups excluding carboxylic acids is 1. The van der Waals surface area contributed by atoms with Crippen LogP contribution in [0.15, 0.2) is 54.0 Å². The minimum absolute atomic E-state index is 0.0327. The number of para-hydroxylation sites is 1. The SMILES string of the molecule is COc1ccccc1-c1nc(C(=O)NC(C)CN2CCN(c3ccccn3)CC2)cs1. The van der Waals surface area contributed by atoms with Gasteiger partial charge in [-0.3, -0.25) is 9.69 Å². The molecule has 4 rings (SSSR count). The Balaban J connectivity index is 1.29. The summed E-state index contributed by atoms with van der Waals surface area (Å²) < 4.78 is 5.41. The molecule has 0 spiro atoms. The predicted octanol–water partition coefficient (Wildman–Crippen LogP) is 3.15. The Hall–Kier alpha value is -2.97. The number of nitrogens with zero attached hydrogens (tertiary/aromatic N) is 4. The largest absolute Gasteiger partial charge is 0.496 e. The maximum Gasteiger partial charge on any atom is 0.271 e. The van der Waals surface area contributed by atoms with Crippen molar-refractivity contribution in [3.63, 3.8) is 0 Å². The highest BCUT2D eigenvalue weighted by atomic mass is 32.1. The number of carbonyl (C=O) groups is 1. The summed E-state index contributed by atoms with van der Waals surface area (Å²) in [5.41, 5.74) is 1.34. The number of thiazole rings is 1. The van der Waals surface area contributed by atoms with Crippen LogP contribution >= 0.6 is 11.3 Å². The molecular weight excluding hydrogens is 410 g/mol. The molecule has 1 aromatic carbocycles. The molecule has 1 saturated heterocycles. The number of piperazine rings is 1. The zero-order valence-corrected chi connectivity index (χ0v) is 18.6. The second-order valence-corrected chi connectivity index (χ2v) is 8.45. The van der Waals surface area contributed by atoms with E-state index in [2.05, 4.69) is 25.1 Å². The van der Waals surface area contributed by atoms with E-state index >= 15 is 0 Å². The smallest absolute Gasteiger partial charge is 0.271 e. The lowest BCUT2D eigenvalue weighted by Gasteiger charge is -2.36. The molecule has 162 valence electrons. The highest BCUT2D eigenvalue weighted by Gasteiger charge is 2.21. The molecular formula is C23H27N5O2S. The van der Waals surface area contributed by atoms with Crippen LogP contribution in [0.5, 0.6) is 5.75 Å². The van der Waals surface area contributed by atoms with Crippen molar-refractivity contribution in [2.75, 3.05) is 44.7 Å². The number of rotatable bonds is 7. The van der Waals surface area contributed by atoms with Gasteiger partial charge in [0.2, 0.25) is 0 Å². The highest BCUT2D eigenvalue weighted by molar-refractivity contribution is 7.13. The molecule has 0 bridgehead atoms. The highest BCUT2D eigenvalue weighted by Crippen LogP contribution is 2.31.